The summed E-state index contributed by atoms with van der Waals surface area (Å²) in [4.78, 5) is 14.0. The first kappa shape index (κ1) is 15.8. The minimum absolute atomic E-state index is 0.872. The molecule has 3 rings (SSSR count). The molecular formula is C19H26N4. The smallest absolute Gasteiger partial charge is 0.132 e. The maximum atomic E-state index is 4.63. The van der Waals surface area contributed by atoms with E-state index in [1.54, 1.807) is 0 Å². The number of aromatic nitrogens is 2. The Labute approximate surface area is 139 Å². The highest BCUT2D eigenvalue weighted by molar-refractivity contribution is 5.56. The number of hydrogen-bond donors (Lipinski definition) is 0. The molecule has 1 aliphatic heterocycles. The molecule has 1 saturated heterocycles. The van der Waals surface area contributed by atoms with Crippen molar-refractivity contribution in [1.82, 2.24) is 9.97 Å². The maximum Gasteiger partial charge on any atom is 0.132 e. The molecule has 0 amide bonds. The number of hydrogen-bond acceptors (Lipinski definition) is 4. The van der Waals surface area contributed by atoms with E-state index in [0.29, 0.717) is 0 Å². The van der Waals surface area contributed by atoms with Crippen LogP contribution in [-0.2, 0) is 6.42 Å². The standard InChI is InChI=1S/C19H26N4/c1-5-17-13-19(21-16(4)20-17)23-10-8-22(9-11-23)18-12-14(2)6-7-15(18)3/h6-7,12-13H,5,8-11H2,1-4H3. The quantitative estimate of drug-likeness (QED) is 0.871. The lowest BCUT2D eigenvalue weighted by atomic mass is 10.1. The molecule has 0 unspecified atom stereocenters. The van der Waals surface area contributed by atoms with Crippen molar-refractivity contribution in [2.24, 2.45) is 0 Å². The fourth-order valence-corrected chi connectivity index (χ4v) is 3.19. The number of aryl methyl sites for hydroxylation is 4. The zero-order valence-electron chi connectivity index (χ0n) is 14.6. The van der Waals surface area contributed by atoms with E-state index < -0.39 is 0 Å². The molecule has 0 saturated carbocycles. The third-order valence-corrected chi connectivity index (χ3v) is 4.55. The lowest BCUT2D eigenvalue weighted by molar-refractivity contribution is 0.643. The second-order valence-corrected chi connectivity index (χ2v) is 6.38. The van der Waals surface area contributed by atoms with Crippen molar-refractivity contribution >= 4 is 11.5 Å². The monoisotopic (exact) mass is 310 g/mol. The molecule has 2 heterocycles. The minimum atomic E-state index is 0.872. The first-order valence-electron chi connectivity index (χ1n) is 8.48. The van der Waals surface area contributed by atoms with Gasteiger partial charge < -0.3 is 9.80 Å². The van der Waals surface area contributed by atoms with E-state index in [1.807, 2.05) is 6.92 Å². The zero-order chi connectivity index (χ0) is 16.4. The van der Waals surface area contributed by atoms with Crippen molar-refractivity contribution in [3.8, 4) is 0 Å². The van der Waals surface area contributed by atoms with E-state index >= 15 is 0 Å². The summed E-state index contributed by atoms with van der Waals surface area (Å²) in [7, 11) is 0. The number of piperazine rings is 1. The van der Waals surface area contributed by atoms with E-state index in [1.165, 1.54) is 16.8 Å². The summed E-state index contributed by atoms with van der Waals surface area (Å²) >= 11 is 0. The topological polar surface area (TPSA) is 32.3 Å². The van der Waals surface area contributed by atoms with Gasteiger partial charge in [-0.05, 0) is 44.4 Å². The fraction of sp³-hybridized carbons (Fsp3) is 0.474. The third kappa shape index (κ3) is 3.46. The van der Waals surface area contributed by atoms with Gasteiger partial charge in [0.05, 0.1) is 0 Å². The molecule has 4 nitrogen and oxygen atoms in total. The van der Waals surface area contributed by atoms with Gasteiger partial charge in [0.1, 0.15) is 11.6 Å². The van der Waals surface area contributed by atoms with Crippen LogP contribution < -0.4 is 9.80 Å². The van der Waals surface area contributed by atoms with Gasteiger partial charge in [0.2, 0.25) is 0 Å². The Morgan fingerprint density at radius 1 is 0.913 bits per heavy atom. The van der Waals surface area contributed by atoms with Gasteiger partial charge in [-0.1, -0.05) is 19.1 Å². The summed E-state index contributed by atoms with van der Waals surface area (Å²) in [6.07, 6.45) is 0.957. The molecule has 122 valence electrons. The van der Waals surface area contributed by atoms with Gasteiger partial charge in [-0.25, -0.2) is 9.97 Å². The molecule has 23 heavy (non-hydrogen) atoms. The van der Waals surface area contributed by atoms with Crippen LogP contribution in [0.25, 0.3) is 0 Å². The molecule has 1 aromatic heterocycles. The Hall–Kier alpha value is -2.10. The highest BCUT2D eigenvalue weighted by Crippen LogP contribution is 2.24. The van der Waals surface area contributed by atoms with Gasteiger partial charge >= 0.3 is 0 Å². The molecular weight excluding hydrogens is 284 g/mol. The summed E-state index contributed by atoms with van der Waals surface area (Å²) in [5.74, 6) is 1.95. The summed E-state index contributed by atoms with van der Waals surface area (Å²) in [6, 6.07) is 8.85. The minimum Gasteiger partial charge on any atom is -0.368 e. The van der Waals surface area contributed by atoms with Crippen molar-refractivity contribution in [2.75, 3.05) is 36.0 Å². The summed E-state index contributed by atoms with van der Waals surface area (Å²) in [6.45, 7) is 12.6. The van der Waals surface area contributed by atoms with Crippen LogP contribution in [0.5, 0.6) is 0 Å². The van der Waals surface area contributed by atoms with Gasteiger partial charge in [0.25, 0.3) is 0 Å². The lowest BCUT2D eigenvalue weighted by Gasteiger charge is -2.37. The summed E-state index contributed by atoms with van der Waals surface area (Å²) in [5.41, 5.74) is 5.18. The number of nitrogens with zero attached hydrogens (tertiary/aromatic N) is 4. The van der Waals surface area contributed by atoms with E-state index in [2.05, 4.69) is 64.8 Å². The molecule has 0 spiro atoms. The normalized spacial score (nSPS) is 15.1. The Kier molecular flexibility index (Phi) is 4.51. The largest absolute Gasteiger partial charge is 0.368 e. The van der Waals surface area contributed by atoms with Crippen LogP contribution in [0.4, 0.5) is 11.5 Å². The van der Waals surface area contributed by atoms with Crippen molar-refractivity contribution < 1.29 is 0 Å². The van der Waals surface area contributed by atoms with Crippen LogP contribution in [0.1, 0.15) is 29.6 Å². The maximum absolute atomic E-state index is 4.63. The van der Waals surface area contributed by atoms with Gasteiger partial charge in [0.15, 0.2) is 0 Å². The van der Waals surface area contributed by atoms with Gasteiger partial charge in [-0.15, -0.1) is 0 Å². The Bertz CT molecular complexity index is 688. The van der Waals surface area contributed by atoms with Crippen LogP contribution in [-0.4, -0.2) is 36.1 Å². The van der Waals surface area contributed by atoms with Gasteiger partial charge in [0, 0.05) is 43.6 Å². The van der Waals surface area contributed by atoms with Crippen LogP contribution in [0.2, 0.25) is 0 Å². The van der Waals surface area contributed by atoms with Crippen LogP contribution in [0.3, 0.4) is 0 Å². The van der Waals surface area contributed by atoms with Crippen LogP contribution >= 0.6 is 0 Å². The Balaban J connectivity index is 1.73. The molecule has 0 aliphatic carbocycles. The molecule has 2 aromatic rings. The molecule has 0 bridgehead atoms. The fourth-order valence-electron chi connectivity index (χ4n) is 3.19. The first-order chi connectivity index (χ1) is 11.1. The highest BCUT2D eigenvalue weighted by atomic mass is 15.3. The third-order valence-electron chi connectivity index (χ3n) is 4.55. The zero-order valence-corrected chi connectivity index (χ0v) is 14.6. The van der Waals surface area contributed by atoms with E-state index in [-0.39, 0.29) is 0 Å². The van der Waals surface area contributed by atoms with E-state index in [4.69, 9.17) is 0 Å². The average Bonchev–Trinajstić information content (AvgIpc) is 2.56. The lowest BCUT2D eigenvalue weighted by Crippen LogP contribution is -2.47. The Morgan fingerprint density at radius 2 is 1.61 bits per heavy atom. The summed E-state index contributed by atoms with van der Waals surface area (Å²) < 4.78 is 0. The second kappa shape index (κ2) is 6.57. The van der Waals surface area contributed by atoms with Crippen molar-refractivity contribution in [1.29, 1.82) is 0 Å². The van der Waals surface area contributed by atoms with Crippen LogP contribution in [0.15, 0.2) is 24.3 Å². The van der Waals surface area contributed by atoms with Crippen molar-refractivity contribution in [2.45, 2.75) is 34.1 Å². The number of benzene rings is 1. The molecule has 0 atom stereocenters. The molecule has 1 aliphatic rings. The molecule has 4 heteroatoms. The number of rotatable bonds is 3. The van der Waals surface area contributed by atoms with E-state index in [0.717, 1.165) is 49.9 Å². The average molecular weight is 310 g/mol. The summed E-state index contributed by atoms with van der Waals surface area (Å²) in [5, 5.41) is 0. The predicted molar refractivity (Wildman–Crippen MR) is 96.5 cm³/mol. The first-order valence-corrected chi connectivity index (χ1v) is 8.48. The SMILES string of the molecule is CCc1cc(N2CCN(c3cc(C)ccc3C)CC2)nc(C)n1. The highest BCUT2D eigenvalue weighted by Gasteiger charge is 2.20. The van der Waals surface area contributed by atoms with Crippen LogP contribution in [0, 0.1) is 20.8 Å². The van der Waals surface area contributed by atoms with Crippen molar-refractivity contribution in [3.63, 3.8) is 0 Å². The second-order valence-electron chi connectivity index (χ2n) is 6.38. The molecule has 1 fully saturated rings. The number of anilines is 2. The Morgan fingerprint density at radius 3 is 2.30 bits per heavy atom. The van der Waals surface area contributed by atoms with Gasteiger partial charge in [-0.3, -0.25) is 0 Å². The van der Waals surface area contributed by atoms with E-state index in [9.17, 15) is 0 Å². The predicted octanol–water partition coefficient (Wildman–Crippen LogP) is 3.29. The van der Waals surface area contributed by atoms with Gasteiger partial charge in [-0.2, -0.15) is 0 Å². The van der Waals surface area contributed by atoms with Crippen molar-refractivity contribution in [3.05, 3.63) is 46.9 Å². The molecule has 0 N–H and O–H groups in total. The molecule has 0 radical (unpaired) electrons. The molecule has 1 aromatic carbocycles.